The topological polar surface area (TPSA) is 96.6 Å². The van der Waals surface area contributed by atoms with Crippen LogP contribution in [0.25, 0.3) is 11.1 Å². The molecule has 196 valence electrons. The van der Waals surface area contributed by atoms with Crippen LogP contribution in [0.4, 0.5) is 5.69 Å². The molecule has 9 nitrogen and oxygen atoms in total. The highest BCUT2D eigenvalue weighted by atomic mass is 16.2. The van der Waals surface area contributed by atoms with Gasteiger partial charge >= 0.3 is 0 Å². The zero-order chi connectivity index (χ0) is 26.4. The van der Waals surface area contributed by atoms with Crippen molar-refractivity contribution in [1.29, 1.82) is 0 Å². The van der Waals surface area contributed by atoms with E-state index in [1.54, 1.807) is 18.3 Å². The fourth-order valence-corrected chi connectivity index (χ4v) is 4.51. The first-order valence-electron chi connectivity index (χ1n) is 12.7. The van der Waals surface area contributed by atoms with Crippen LogP contribution < -0.4 is 15.5 Å². The Bertz CT molecular complexity index is 1180. The number of nitrogens with zero attached hydrogens (tertiary/aromatic N) is 4. The van der Waals surface area contributed by atoms with E-state index in [1.165, 1.54) is 11.1 Å². The molecule has 3 N–H and O–H groups in total. The van der Waals surface area contributed by atoms with Gasteiger partial charge in [-0.1, -0.05) is 50.2 Å². The van der Waals surface area contributed by atoms with Crippen molar-refractivity contribution in [2.24, 2.45) is 0 Å². The van der Waals surface area contributed by atoms with E-state index in [0.717, 1.165) is 22.4 Å². The van der Waals surface area contributed by atoms with Gasteiger partial charge in [0.25, 0.3) is 5.91 Å². The number of aromatic nitrogens is 2. The Kier molecular flexibility index (Phi) is 8.58. The maximum atomic E-state index is 13.5. The first kappa shape index (κ1) is 26.4. The van der Waals surface area contributed by atoms with Gasteiger partial charge in [-0.15, -0.1) is 0 Å². The number of benzene rings is 2. The normalized spacial score (nSPS) is 13.0. The Hall–Kier alpha value is -3.69. The Balaban J connectivity index is 1.50. The summed E-state index contributed by atoms with van der Waals surface area (Å²) in [5.41, 5.74) is 6.22. The third-order valence-electron chi connectivity index (χ3n) is 6.65. The number of amides is 2. The third-order valence-corrected chi connectivity index (χ3v) is 6.65. The fourth-order valence-electron chi connectivity index (χ4n) is 4.51. The Morgan fingerprint density at radius 3 is 2.43 bits per heavy atom. The maximum Gasteiger partial charge on any atom is 0.256 e. The summed E-state index contributed by atoms with van der Waals surface area (Å²) < 4.78 is 0. The van der Waals surface area contributed by atoms with Crippen molar-refractivity contribution in [1.82, 2.24) is 30.8 Å². The van der Waals surface area contributed by atoms with Crippen LogP contribution in [0, 0.1) is 6.92 Å². The van der Waals surface area contributed by atoms with Crippen LogP contribution in [0.5, 0.6) is 0 Å². The molecule has 0 unspecified atom stereocenters. The van der Waals surface area contributed by atoms with Crippen LogP contribution in [0.1, 0.15) is 30.5 Å². The first-order valence-corrected chi connectivity index (χ1v) is 12.7. The number of likely N-dealkylation sites (N-methyl/N-ethyl adjacent to an activating group) is 1. The van der Waals surface area contributed by atoms with Gasteiger partial charge in [-0.2, -0.15) is 5.10 Å². The number of carbonyl (C=O) groups excluding carboxylic acids is 2. The number of aromatic amines is 1. The molecule has 0 atom stereocenters. The molecule has 0 bridgehead atoms. The molecule has 0 aliphatic carbocycles. The van der Waals surface area contributed by atoms with Gasteiger partial charge < -0.3 is 15.5 Å². The molecule has 2 heterocycles. The van der Waals surface area contributed by atoms with Gasteiger partial charge in [-0.3, -0.25) is 19.7 Å². The van der Waals surface area contributed by atoms with Crippen molar-refractivity contribution >= 4 is 17.5 Å². The van der Waals surface area contributed by atoms with Crippen molar-refractivity contribution in [3.63, 3.8) is 0 Å². The second kappa shape index (κ2) is 12.0. The van der Waals surface area contributed by atoms with Gasteiger partial charge in [0.15, 0.2) is 0 Å². The summed E-state index contributed by atoms with van der Waals surface area (Å²) in [5, 5.41) is 16.9. The summed E-state index contributed by atoms with van der Waals surface area (Å²) in [5.74, 6) is -0.196. The van der Waals surface area contributed by atoms with Gasteiger partial charge in [0.2, 0.25) is 5.91 Å². The predicted molar refractivity (Wildman–Crippen MR) is 146 cm³/mol. The van der Waals surface area contributed by atoms with Crippen molar-refractivity contribution in [3.8, 4) is 11.1 Å². The Morgan fingerprint density at radius 1 is 1.05 bits per heavy atom. The van der Waals surface area contributed by atoms with Crippen LogP contribution in [0.3, 0.4) is 0 Å². The lowest BCUT2D eigenvalue weighted by Gasteiger charge is -2.32. The number of rotatable bonds is 11. The molecular weight excluding hydrogens is 466 g/mol. The average Bonchev–Trinajstić information content (AvgIpc) is 3.56. The molecular formula is C28H37N7O2. The molecule has 0 radical (unpaired) electrons. The molecule has 2 aromatic carbocycles. The van der Waals surface area contributed by atoms with Crippen molar-refractivity contribution in [2.45, 2.75) is 39.9 Å². The quantitative estimate of drug-likeness (QED) is 0.348. The Morgan fingerprint density at radius 2 is 1.78 bits per heavy atom. The number of H-pyrrole nitrogens is 1. The first-order chi connectivity index (χ1) is 17.8. The lowest BCUT2D eigenvalue weighted by atomic mass is 10.0. The minimum atomic E-state index is -0.122. The number of anilines is 1. The standard InChI is InChI=1S/C28H37N7O2/c1-20(2)29-11-12-30-27(36)18-34(26-13-22(10-9-21(26)3)25-14-31-32-15-25)19-28(37)33(4)35-16-23-7-5-6-8-24(23)17-35/h5-10,13-15,20,29H,11-12,16-19H2,1-4H3,(H,30,36)(H,31,32). The number of fused-ring (bicyclic) bond motifs is 1. The number of hydrogen-bond acceptors (Lipinski definition) is 6. The van der Waals surface area contributed by atoms with E-state index in [2.05, 4.69) is 46.8 Å². The second-order valence-corrected chi connectivity index (χ2v) is 9.81. The summed E-state index contributed by atoms with van der Waals surface area (Å²) in [4.78, 5) is 28.3. The average molecular weight is 504 g/mol. The molecule has 2 amide bonds. The highest BCUT2D eigenvalue weighted by Crippen LogP contribution is 2.28. The summed E-state index contributed by atoms with van der Waals surface area (Å²) in [6.45, 7) is 8.90. The summed E-state index contributed by atoms with van der Waals surface area (Å²) in [6.07, 6.45) is 3.59. The molecule has 4 rings (SSSR count). The van der Waals surface area contributed by atoms with Gasteiger partial charge in [0.05, 0.1) is 19.3 Å². The molecule has 1 aliphatic rings. The SMILES string of the molecule is Cc1ccc(-c2cn[nH]c2)cc1N(CC(=O)NCCNC(C)C)CC(=O)N(C)N1Cc2ccccc2C1. The number of hydrazine groups is 1. The molecule has 0 spiro atoms. The maximum absolute atomic E-state index is 13.5. The molecule has 37 heavy (non-hydrogen) atoms. The largest absolute Gasteiger partial charge is 0.353 e. The van der Waals surface area contributed by atoms with E-state index in [1.807, 2.05) is 53.4 Å². The number of hydrogen-bond donors (Lipinski definition) is 3. The number of nitrogens with one attached hydrogen (secondary N) is 3. The van der Waals surface area contributed by atoms with E-state index in [0.29, 0.717) is 32.2 Å². The second-order valence-electron chi connectivity index (χ2n) is 9.81. The highest BCUT2D eigenvalue weighted by molar-refractivity contribution is 5.87. The molecule has 0 saturated heterocycles. The zero-order valence-corrected chi connectivity index (χ0v) is 22.1. The summed E-state index contributed by atoms with van der Waals surface area (Å²) >= 11 is 0. The molecule has 0 fully saturated rings. The fraction of sp³-hybridized carbons (Fsp3) is 0.393. The van der Waals surface area contributed by atoms with E-state index < -0.39 is 0 Å². The van der Waals surface area contributed by atoms with Crippen LogP contribution in [-0.4, -0.2) is 71.3 Å². The molecule has 0 saturated carbocycles. The summed E-state index contributed by atoms with van der Waals surface area (Å²) in [6, 6.07) is 14.7. The highest BCUT2D eigenvalue weighted by Gasteiger charge is 2.27. The monoisotopic (exact) mass is 503 g/mol. The van der Waals surface area contributed by atoms with Crippen LogP contribution in [-0.2, 0) is 22.7 Å². The summed E-state index contributed by atoms with van der Waals surface area (Å²) in [7, 11) is 1.80. The molecule has 1 aliphatic heterocycles. The van der Waals surface area contributed by atoms with E-state index >= 15 is 0 Å². The van der Waals surface area contributed by atoms with Crippen molar-refractivity contribution in [2.75, 3.05) is 38.1 Å². The van der Waals surface area contributed by atoms with Gasteiger partial charge in [0, 0.05) is 56.7 Å². The zero-order valence-electron chi connectivity index (χ0n) is 22.1. The van der Waals surface area contributed by atoms with Gasteiger partial charge in [-0.05, 0) is 35.2 Å². The van der Waals surface area contributed by atoms with E-state index in [9.17, 15) is 9.59 Å². The van der Waals surface area contributed by atoms with Gasteiger partial charge in [-0.25, -0.2) is 5.01 Å². The smallest absolute Gasteiger partial charge is 0.256 e. The van der Waals surface area contributed by atoms with Crippen LogP contribution >= 0.6 is 0 Å². The van der Waals surface area contributed by atoms with E-state index in [4.69, 9.17) is 0 Å². The van der Waals surface area contributed by atoms with Crippen molar-refractivity contribution in [3.05, 3.63) is 71.5 Å². The predicted octanol–water partition coefficient (Wildman–Crippen LogP) is 2.69. The van der Waals surface area contributed by atoms with Crippen LogP contribution in [0.2, 0.25) is 0 Å². The third kappa shape index (κ3) is 6.75. The molecule has 9 heteroatoms. The van der Waals surface area contributed by atoms with E-state index in [-0.39, 0.29) is 24.9 Å². The number of aryl methyl sites for hydroxylation is 1. The minimum Gasteiger partial charge on any atom is -0.353 e. The number of carbonyl (C=O) groups is 2. The lowest BCUT2D eigenvalue weighted by molar-refractivity contribution is -0.145. The Labute approximate surface area is 218 Å². The van der Waals surface area contributed by atoms with Crippen LogP contribution in [0.15, 0.2) is 54.9 Å². The van der Waals surface area contributed by atoms with Crippen molar-refractivity contribution < 1.29 is 9.59 Å². The lowest BCUT2D eigenvalue weighted by Crippen LogP contribution is -2.48. The minimum absolute atomic E-state index is 0.0739. The molecule has 3 aromatic rings. The molecule has 1 aromatic heterocycles. The van der Waals surface area contributed by atoms with Gasteiger partial charge in [0.1, 0.15) is 0 Å².